The van der Waals surface area contributed by atoms with Gasteiger partial charge in [0.05, 0.1) is 5.56 Å². The number of pyridine rings is 1. The van der Waals surface area contributed by atoms with Crippen LogP contribution in [0.2, 0.25) is 5.02 Å². The van der Waals surface area contributed by atoms with Gasteiger partial charge in [-0.15, -0.1) is 0 Å². The van der Waals surface area contributed by atoms with E-state index in [1.54, 1.807) is 18.3 Å². The summed E-state index contributed by atoms with van der Waals surface area (Å²) in [5.74, 6) is -0.0963. The number of benzene rings is 1. The minimum Gasteiger partial charge on any atom is -0.478 e. The molecule has 0 aliphatic rings. The Kier molecular flexibility index (Phi) is 3.48. The molecule has 0 saturated heterocycles. The molecule has 0 bridgehead atoms. The van der Waals surface area contributed by atoms with Crippen LogP contribution in [-0.2, 0) is 0 Å². The summed E-state index contributed by atoms with van der Waals surface area (Å²) < 4.78 is 5.60. The molecular weight excluding hydrogens is 254 g/mol. The second-order valence-corrected chi connectivity index (χ2v) is 4.10. The third-order valence-electron chi connectivity index (χ3n) is 2.39. The summed E-state index contributed by atoms with van der Waals surface area (Å²) in [6.07, 6.45) is 3.02. The highest BCUT2D eigenvalue weighted by Crippen LogP contribution is 2.30. The number of ether oxygens (including phenoxy) is 1. The van der Waals surface area contributed by atoms with Gasteiger partial charge in [0, 0.05) is 18.5 Å². The zero-order chi connectivity index (χ0) is 13.1. The molecule has 18 heavy (non-hydrogen) atoms. The molecule has 1 aromatic carbocycles. The van der Waals surface area contributed by atoms with E-state index >= 15 is 0 Å². The average Bonchev–Trinajstić information content (AvgIpc) is 2.34. The minimum absolute atomic E-state index is 0.167. The number of nitrogens with zero attached hydrogens (tertiary/aromatic N) is 1. The predicted octanol–water partition coefficient (Wildman–Crippen LogP) is 3.53. The van der Waals surface area contributed by atoms with Gasteiger partial charge in [0.2, 0.25) is 0 Å². The molecule has 2 aromatic rings. The van der Waals surface area contributed by atoms with Gasteiger partial charge in [-0.05, 0) is 24.6 Å². The Labute approximate surface area is 109 Å². The van der Waals surface area contributed by atoms with Gasteiger partial charge >= 0.3 is 5.97 Å². The molecule has 0 saturated carbocycles. The van der Waals surface area contributed by atoms with Crippen LogP contribution in [0.25, 0.3) is 0 Å². The van der Waals surface area contributed by atoms with Gasteiger partial charge < -0.3 is 9.84 Å². The summed E-state index contributed by atoms with van der Waals surface area (Å²) in [6.45, 7) is 1.83. The lowest BCUT2D eigenvalue weighted by Crippen LogP contribution is -1.98. The molecule has 1 heterocycles. The highest BCUT2D eigenvalue weighted by atomic mass is 35.5. The fourth-order valence-electron chi connectivity index (χ4n) is 1.41. The van der Waals surface area contributed by atoms with Crippen LogP contribution < -0.4 is 4.74 Å². The largest absolute Gasteiger partial charge is 0.478 e. The lowest BCUT2D eigenvalue weighted by atomic mass is 10.1. The molecule has 0 aliphatic heterocycles. The zero-order valence-electron chi connectivity index (χ0n) is 9.55. The van der Waals surface area contributed by atoms with E-state index in [0.717, 1.165) is 5.56 Å². The van der Waals surface area contributed by atoms with Crippen LogP contribution in [-0.4, -0.2) is 16.1 Å². The van der Waals surface area contributed by atoms with Crippen molar-refractivity contribution in [1.29, 1.82) is 0 Å². The molecule has 1 N–H and O–H groups in total. The zero-order valence-corrected chi connectivity index (χ0v) is 10.3. The maximum atomic E-state index is 10.9. The van der Waals surface area contributed by atoms with Crippen molar-refractivity contribution in [1.82, 2.24) is 4.98 Å². The second kappa shape index (κ2) is 5.06. The smallest absolute Gasteiger partial charge is 0.335 e. The fourth-order valence-corrected chi connectivity index (χ4v) is 1.56. The first-order valence-corrected chi connectivity index (χ1v) is 5.57. The number of aromatic nitrogens is 1. The number of carboxylic acids is 1. The SMILES string of the molecule is Cc1ccc(C(=O)O)cc1Oc1ccncc1Cl. The van der Waals surface area contributed by atoms with E-state index < -0.39 is 5.97 Å². The first-order chi connectivity index (χ1) is 8.58. The number of carboxylic acid groups (broad SMARTS) is 1. The summed E-state index contributed by atoms with van der Waals surface area (Å²) in [5, 5.41) is 9.30. The van der Waals surface area contributed by atoms with Gasteiger partial charge in [-0.3, -0.25) is 4.98 Å². The highest BCUT2D eigenvalue weighted by Gasteiger charge is 2.09. The van der Waals surface area contributed by atoms with E-state index in [1.807, 2.05) is 6.92 Å². The van der Waals surface area contributed by atoms with Crippen molar-refractivity contribution in [2.75, 3.05) is 0 Å². The van der Waals surface area contributed by atoms with Crippen LogP contribution in [0.4, 0.5) is 0 Å². The summed E-state index contributed by atoms with van der Waals surface area (Å²) in [6, 6.07) is 6.30. The average molecular weight is 264 g/mol. The normalized spacial score (nSPS) is 10.1. The summed E-state index contributed by atoms with van der Waals surface area (Å²) in [4.78, 5) is 14.7. The first-order valence-electron chi connectivity index (χ1n) is 5.19. The summed E-state index contributed by atoms with van der Waals surface area (Å²) in [5.41, 5.74) is 0.994. The Bertz CT molecular complexity index is 599. The maximum absolute atomic E-state index is 10.9. The topological polar surface area (TPSA) is 59.4 Å². The lowest BCUT2D eigenvalue weighted by molar-refractivity contribution is 0.0696. The molecule has 0 aliphatic carbocycles. The van der Waals surface area contributed by atoms with Gasteiger partial charge in [-0.25, -0.2) is 4.79 Å². The second-order valence-electron chi connectivity index (χ2n) is 3.69. The molecule has 0 fully saturated rings. The fraction of sp³-hybridized carbons (Fsp3) is 0.0769. The molecule has 0 radical (unpaired) electrons. The predicted molar refractivity (Wildman–Crippen MR) is 67.5 cm³/mol. The molecule has 4 nitrogen and oxygen atoms in total. The highest BCUT2D eigenvalue weighted by molar-refractivity contribution is 6.31. The van der Waals surface area contributed by atoms with Crippen LogP contribution >= 0.6 is 11.6 Å². The van der Waals surface area contributed by atoms with Crippen molar-refractivity contribution < 1.29 is 14.6 Å². The van der Waals surface area contributed by atoms with E-state index in [0.29, 0.717) is 16.5 Å². The molecule has 2 rings (SSSR count). The first kappa shape index (κ1) is 12.4. The van der Waals surface area contributed by atoms with E-state index in [9.17, 15) is 4.79 Å². The van der Waals surface area contributed by atoms with Gasteiger partial charge in [0.25, 0.3) is 0 Å². The standard InChI is InChI=1S/C13H10ClNO3/c1-8-2-3-9(13(16)17)6-12(8)18-11-4-5-15-7-10(11)14/h2-7H,1H3,(H,16,17). The van der Waals surface area contributed by atoms with Crippen LogP contribution in [0, 0.1) is 6.92 Å². The van der Waals surface area contributed by atoms with E-state index in [1.165, 1.54) is 18.3 Å². The van der Waals surface area contributed by atoms with E-state index in [4.69, 9.17) is 21.4 Å². The van der Waals surface area contributed by atoms with Crippen LogP contribution in [0.1, 0.15) is 15.9 Å². The Morgan fingerprint density at radius 3 is 2.78 bits per heavy atom. The Hall–Kier alpha value is -2.07. The summed E-state index contributed by atoms with van der Waals surface area (Å²) >= 11 is 5.92. The minimum atomic E-state index is -0.999. The molecule has 0 atom stereocenters. The van der Waals surface area contributed by atoms with Crippen LogP contribution in [0.3, 0.4) is 0 Å². The van der Waals surface area contributed by atoms with Crippen molar-refractivity contribution in [3.63, 3.8) is 0 Å². The van der Waals surface area contributed by atoms with E-state index in [-0.39, 0.29) is 5.56 Å². The van der Waals surface area contributed by atoms with Crippen molar-refractivity contribution in [2.24, 2.45) is 0 Å². The number of hydrogen-bond acceptors (Lipinski definition) is 3. The number of halogens is 1. The molecule has 0 spiro atoms. The van der Waals surface area contributed by atoms with Gasteiger partial charge in [-0.1, -0.05) is 17.7 Å². The van der Waals surface area contributed by atoms with Gasteiger partial charge in [0.1, 0.15) is 16.5 Å². The van der Waals surface area contributed by atoms with Crippen molar-refractivity contribution in [2.45, 2.75) is 6.92 Å². The van der Waals surface area contributed by atoms with Crippen molar-refractivity contribution >= 4 is 17.6 Å². The number of rotatable bonds is 3. The summed E-state index contributed by atoms with van der Waals surface area (Å²) in [7, 11) is 0. The monoisotopic (exact) mass is 263 g/mol. The number of aromatic carboxylic acids is 1. The van der Waals surface area contributed by atoms with Crippen molar-refractivity contribution in [3.8, 4) is 11.5 Å². The van der Waals surface area contributed by atoms with Crippen LogP contribution in [0.5, 0.6) is 11.5 Å². The van der Waals surface area contributed by atoms with Gasteiger partial charge in [0.15, 0.2) is 0 Å². The molecule has 0 amide bonds. The maximum Gasteiger partial charge on any atom is 0.335 e. The lowest BCUT2D eigenvalue weighted by Gasteiger charge is -2.10. The number of aryl methyl sites for hydroxylation is 1. The third kappa shape index (κ3) is 2.60. The van der Waals surface area contributed by atoms with Crippen LogP contribution in [0.15, 0.2) is 36.7 Å². The Morgan fingerprint density at radius 2 is 2.11 bits per heavy atom. The Balaban J connectivity index is 2.37. The molecule has 1 aromatic heterocycles. The van der Waals surface area contributed by atoms with Crippen molar-refractivity contribution in [3.05, 3.63) is 52.8 Å². The quantitative estimate of drug-likeness (QED) is 0.920. The molecular formula is C13H10ClNO3. The van der Waals surface area contributed by atoms with E-state index in [2.05, 4.69) is 4.98 Å². The third-order valence-corrected chi connectivity index (χ3v) is 2.67. The number of hydrogen-bond donors (Lipinski definition) is 1. The molecule has 0 unspecified atom stereocenters. The Morgan fingerprint density at radius 1 is 1.33 bits per heavy atom. The molecule has 5 heteroatoms. The number of carbonyl (C=O) groups is 1. The van der Waals surface area contributed by atoms with Gasteiger partial charge in [-0.2, -0.15) is 0 Å². The molecule has 92 valence electrons.